The second-order valence-electron chi connectivity index (χ2n) is 3.97. The quantitative estimate of drug-likeness (QED) is 0.684. The Morgan fingerprint density at radius 3 is 2.76 bits per heavy atom. The van der Waals surface area contributed by atoms with Gasteiger partial charge in [-0.25, -0.2) is 0 Å². The Morgan fingerprint density at radius 2 is 2.24 bits per heavy atom. The monoisotopic (exact) mass is 260 g/mol. The lowest BCUT2D eigenvalue weighted by atomic mass is 10.3. The fourth-order valence-electron chi connectivity index (χ4n) is 1.52. The van der Waals surface area contributed by atoms with E-state index in [1.54, 1.807) is 11.7 Å². The van der Waals surface area contributed by atoms with Crippen molar-refractivity contribution >= 4 is 11.3 Å². The van der Waals surface area contributed by atoms with Gasteiger partial charge in [0.05, 0.1) is 19.3 Å². The lowest BCUT2D eigenvalue weighted by Gasteiger charge is -2.13. The third-order valence-electron chi connectivity index (χ3n) is 2.63. The molecular weight excluding hydrogens is 240 g/mol. The largest absolute Gasteiger partial charge is 0.390 e. The molecule has 1 atom stereocenters. The molecule has 1 aromatic rings. The Bertz CT molecular complexity index is 400. The average Bonchev–Trinajstić information content (AvgIpc) is 2.52. The van der Waals surface area contributed by atoms with E-state index in [1.165, 1.54) is 11.3 Å². The van der Waals surface area contributed by atoms with Crippen molar-refractivity contribution in [2.75, 3.05) is 26.8 Å². The topological polar surface area (TPSA) is 63.5 Å². The van der Waals surface area contributed by atoms with Gasteiger partial charge in [-0.05, 0) is 13.8 Å². The van der Waals surface area contributed by atoms with E-state index in [2.05, 4.69) is 5.32 Å². The van der Waals surface area contributed by atoms with E-state index in [4.69, 9.17) is 4.74 Å². The number of nitrogens with one attached hydrogen (secondary N) is 1. The van der Waals surface area contributed by atoms with Crippen LogP contribution in [0.5, 0.6) is 0 Å². The molecule has 1 unspecified atom stereocenters. The van der Waals surface area contributed by atoms with Gasteiger partial charge in [0, 0.05) is 30.8 Å². The number of aliphatic hydroxyl groups is 1. The molecule has 0 amide bonds. The highest BCUT2D eigenvalue weighted by molar-refractivity contribution is 7.09. The summed E-state index contributed by atoms with van der Waals surface area (Å²) < 4.78 is 6.51. The van der Waals surface area contributed by atoms with Crippen molar-refractivity contribution < 1.29 is 9.84 Å². The Morgan fingerprint density at radius 1 is 1.53 bits per heavy atom. The Labute approximate surface area is 105 Å². The molecule has 98 valence electrons. The van der Waals surface area contributed by atoms with Gasteiger partial charge in [-0.2, -0.15) is 0 Å². The van der Waals surface area contributed by atoms with Crippen LogP contribution >= 0.6 is 11.3 Å². The second kappa shape index (κ2) is 6.90. The summed E-state index contributed by atoms with van der Waals surface area (Å²) in [5.74, 6) is 0. The molecule has 0 aromatic carbocycles. The van der Waals surface area contributed by atoms with Crippen molar-refractivity contribution in [3.8, 4) is 0 Å². The van der Waals surface area contributed by atoms with Crippen molar-refractivity contribution in [1.82, 2.24) is 9.88 Å². The Kier molecular flexibility index (Phi) is 5.84. The molecular formula is C11H20N2O3S. The lowest BCUT2D eigenvalue weighted by molar-refractivity contribution is 0.142. The summed E-state index contributed by atoms with van der Waals surface area (Å²) in [5.41, 5.74) is 0.941. The SMILES string of the molecule is COCCNCC(O)Cn1c(C)c(C)sc1=O. The molecule has 0 radical (unpaired) electrons. The van der Waals surface area contributed by atoms with Crippen molar-refractivity contribution in [2.24, 2.45) is 0 Å². The summed E-state index contributed by atoms with van der Waals surface area (Å²) in [6, 6.07) is 0. The first kappa shape index (κ1) is 14.4. The smallest absolute Gasteiger partial charge is 0.307 e. The summed E-state index contributed by atoms with van der Waals surface area (Å²) in [5, 5.41) is 12.9. The summed E-state index contributed by atoms with van der Waals surface area (Å²) in [6.07, 6.45) is -0.558. The molecule has 2 N–H and O–H groups in total. The third kappa shape index (κ3) is 4.23. The van der Waals surface area contributed by atoms with Gasteiger partial charge < -0.3 is 19.7 Å². The molecule has 1 rings (SSSR count). The van der Waals surface area contributed by atoms with E-state index < -0.39 is 6.10 Å². The average molecular weight is 260 g/mol. The van der Waals surface area contributed by atoms with Crippen LogP contribution in [0.25, 0.3) is 0 Å². The molecule has 0 fully saturated rings. The summed E-state index contributed by atoms with van der Waals surface area (Å²) in [6.45, 7) is 5.94. The molecule has 17 heavy (non-hydrogen) atoms. The van der Waals surface area contributed by atoms with Crippen LogP contribution < -0.4 is 10.2 Å². The number of nitrogens with zero attached hydrogens (tertiary/aromatic N) is 1. The minimum absolute atomic E-state index is 0.00376. The first-order chi connectivity index (χ1) is 8.06. The number of hydrogen-bond acceptors (Lipinski definition) is 5. The number of aryl methyl sites for hydroxylation is 1. The van der Waals surface area contributed by atoms with Crippen molar-refractivity contribution in [1.29, 1.82) is 0 Å². The summed E-state index contributed by atoms with van der Waals surface area (Å²) in [7, 11) is 1.63. The van der Waals surface area contributed by atoms with Crippen molar-refractivity contribution in [3.63, 3.8) is 0 Å². The van der Waals surface area contributed by atoms with E-state index in [0.717, 1.165) is 10.6 Å². The standard InChI is InChI=1S/C11H20N2O3S/c1-8-9(2)17-11(15)13(8)7-10(14)6-12-4-5-16-3/h10,12,14H,4-7H2,1-3H3. The van der Waals surface area contributed by atoms with Gasteiger partial charge in [0.2, 0.25) is 0 Å². The lowest BCUT2D eigenvalue weighted by Crippen LogP contribution is -2.34. The van der Waals surface area contributed by atoms with E-state index in [1.807, 2.05) is 13.8 Å². The van der Waals surface area contributed by atoms with Crippen LogP contribution in [0.2, 0.25) is 0 Å². The van der Waals surface area contributed by atoms with Crippen molar-refractivity contribution in [2.45, 2.75) is 26.5 Å². The summed E-state index contributed by atoms with van der Waals surface area (Å²) >= 11 is 1.23. The minimum atomic E-state index is -0.558. The van der Waals surface area contributed by atoms with Crippen LogP contribution in [0.15, 0.2) is 4.79 Å². The molecule has 0 aliphatic rings. The van der Waals surface area contributed by atoms with Gasteiger partial charge in [-0.1, -0.05) is 11.3 Å². The third-order valence-corrected chi connectivity index (χ3v) is 3.63. The molecule has 1 heterocycles. The first-order valence-corrected chi connectivity index (χ1v) is 6.42. The van der Waals surface area contributed by atoms with Gasteiger partial charge in [0.15, 0.2) is 0 Å². The van der Waals surface area contributed by atoms with E-state index in [9.17, 15) is 9.90 Å². The van der Waals surface area contributed by atoms with Gasteiger partial charge in [0.25, 0.3) is 0 Å². The van der Waals surface area contributed by atoms with Crippen LogP contribution in [0.3, 0.4) is 0 Å². The number of rotatable bonds is 7. The summed E-state index contributed by atoms with van der Waals surface area (Å²) in [4.78, 5) is 12.6. The van der Waals surface area contributed by atoms with Crippen LogP contribution in [-0.2, 0) is 11.3 Å². The fourth-order valence-corrected chi connectivity index (χ4v) is 2.36. The Hall–Kier alpha value is -0.690. The molecule has 1 aromatic heterocycles. The predicted octanol–water partition coefficient (Wildman–Crippen LogP) is 0.124. The van der Waals surface area contributed by atoms with E-state index in [-0.39, 0.29) is 4.87 Å². The number of ether oxygens (including phenoxy) is 1. The van der Waals surface area contributed by atoms with Gasteiger partial charge in [-0.3, -0.25) is 4.79 Å². The zero-order valence-electron chi connectivity index (χ0n) is 10.5. The maximum Gasteiger partial charge on any atom is 0.307 e. The minimum Gasteiger partial charge on any atom is -0.390 e. The zero-order valence-corrected chi connectivity index (χ0v) is 11.3. The number of aromatic nitrogens is 1. The molecule has 0 bridgehead atoms. The van der Waals surface area contributed by atoms with Gasteiger partial charge >= 0.3 is 4.87 Å². The molecule has 0 aliphatic carbocycles. The van der Waals surface area contributed by atoms with E-state index in [0.29, 0.717) is 26.2 Å². The number of methoxy groups -OCH3 is 1. The molecule has 0 saturated heterocycles. The zero-order chi connectivity index (χ0) is 12.8. The number of hydrogen-bond donors (Lipinski definition) is 2. The van der Waals surface area contributed by atoms with Crippen LogP contribution in [0.1, 0.15) is 10.6 Å². The maximum atomic E-state index is 11.6. The molecule has 0 aliphatic heterocycles. The molecule has 0 saturated carbocycles. The predicted molar refractivity (Wildman–Crippen MR) is 68.8 cm³/mol. The molecule has 0 spiro atoms. The first-order valence-electron chi connectivity index (χ1n) is 5.60. The van der Waals surface area contributed by atoms with Crippen LogP contribution in [-0.4, -0.2) is 42.6 Å². The number of thiazole rings is 1. The van der Waals surface area contributed by atoms with E-state index >= 15 is 0 Å². The van der Waals surface area contributed by atoms with Crippen LogP contribution in [0.4, 0.5) is 0 Å². The molecule has 5 nitrogen and oxygen atoms in total. The highest BCUT2D eigenvalue weighted by Gasteiger charge is 2.11. The highest BCUT2D eigenvalue weighted by Crippen LogP contribution is 2.09. The van der Waals surface area contributed by atoms with Gasteiger partial charge in [0.1, 0.15) is 0 Å². The second-order valence-corrected chi connectivity index (χ2v) is 5.14. The van der Waals surface area contributed by atoms with Crippen LogP contribution in [0, 0.1) is 13.8 Å². The number of aliphatic hydroxyl groups excluding tert-OH is 1. The fraction of sp³-hybridized carbons (Fsp3) is 0.727. The van der Waals surface area contributed by atoms with Crippen molar-refractivity contribution in [3.05, 3.63) is 20.2 Å². The maximum absolute atomic E-state index is 11.6. The van der Waals surface area contributed by atoms with Gasteiger partial charge in [-0.15, -0.1) is 0 Å². The molecule has 6 heteroatoms. The Balaban J connectivity index is 2.45. The normalized spacial score (nSPS) is 12.9. The highest BCUT2D eigenvalue weighted by atomic mass is 32.1.